The third-order valence-electron chi connectivity index (χ3n) is 1.92. The lowest BCUT2D eigenvalue weighted by Gasteiger charge is -2.18. The summed E-state index contributed by atoms with van der Waals surface area (Å²) in [5.41, 5.74) is 0.683. The highest BCUT2D eigenvalue weighted by Gasteiger charge is 2.15. The van der Waals surface area contributed by atoms with Crippen LogP contribution in [0, 0.1) is 0 Å². The zero-order valence-electron chi connectivity index (χ0n) is 9.38. The minimum absolute atomic E-state index is 0.0387. The molecule has 0 aliphatic heterocycles. The van der Waals surface area contributed by atoms with Crippen molar-refractivity contribution in [3.63, 3.8) is 0 Å². The largest absolute Gasteiger partial charge is 0.348 e. The van der Waals surface area contributed by atoms with Gasteiger partial charge in [-0.1, -0.05) is 0 Å². The van der Waals surface area contributed by atoms with Crippen LogP contribution in [0.4, 0.5) is 0 Å². The van der Waals surface area contributed by atoms with E-state index in [1.165, 1.54) is 11.3 Å². The molecule has 1 aromatic rings. The maximum atomic E-state index is 11.9. The monoisotopic (exact) mass is 368 g/mol. The highest BCUT2D eigenvalue weighted by Crippen LogP contribution is 2.31. The molecule has 1 rings (SSSR count). The second kappa shape index (κ2) is 6.14. The van der Waals surface area contributed by atoms with Crippen molar-refractivity contribution in [2.45, 2.75) is 13.0 Å². The first kappa shape index (κ1) is 14.2. The number of likely N-dealkylation sites (N-methyl/N-ethyl adjacent to an activating group) is 1. The SMILES string of the molecule is CC(CN(C)C)NC(=O)c1cc(Br)sc1Br. The molecule has 6 heteroatoms. The minimum atomic E-state index is -0.0387. The Balaban J connectivity index is 2.62. The molecule has 0 fully saturated rings. The van der Waals surface area contributed by atoms with Crippen LogP contribution in [0.25, 0.3) is 0 Å². The first-order valence-electron chi connectivity index (χ1n) is 4.80. The van der Waals surface area contributed by atoms with Crippen molar-refractivity contribution in [1.29, 1.82) is 0 Å². The zero-order chi connectivity index (χ0) is 12.3. The normalized spacial score (nSPS) is 12.9. The fraction of sp³-hybridized carbons (Fsp3) is 0.500. The number of nitrogens with one attached hydrogen (secondary N) is 1. The van der Waals surface area contributed by atoms with E-state index in [9.17, 15) is 4.79 Å². The predicted molar refractivity (Wildman–Crippen MR) is 75.2 cm³/mol. The maximum absolute atomic E-state index is 11.9. The van der Waals surface area contributed by atoms with Crippen molar-refractivity contribution in [3.05, 3.63) is 19.2 Å². The van der Waals surface area contributed by atoms with Gasteiger partial charge in [0.25, 0.3) is 5.91 Å². The molecule has 1 unspecified atom stereocenters. The fourth-order valence-corrected chi connectivity index (χ4v) is 4.18. The lowest BCUT2D eigenvalue weighted by atomic mass is 10.2. The summed E-state index contributed by atoms with van der Waals surface area (Å²) in [6, 6.07) is 1.96. The van der Waals surface area contributed by atoms with Crippen LogP contribution < -0.4 is 5.32 Å². The molecule has 1 atom stereocenters. The second-order valence-corrected chi connectivity index (χ2v) is 7.62. The van der Waals surface area contributed by atoms with E-state index in [0.29, 0.717) is 5.56 Å². The third kappa shape index (κ3) is 4.16. The quantitative estimate of drug-likeness (QED) is 0.884. The van der Waals surface area contributed by atoms with E-state index in [0.717, 1.165) is 14.1 Å². The van der Waals surface area contributed by atoms with Crippen molar-refractivity contribution in [2.24, 2.45) is 0 Å². The van der Waals surface area contributed by atoms with E-state index in [4.69, 9.17) is 0 Å². The van der Waals surface area contributed by atoms with Crippen LogP contribution in [-0.2, 0) is 0 Å². The van der Waals surface area contributed by atoms with E-state index in [1.54, 1.807) is 0 Å². The number of rotatable bonds is 4. The molecule has 0 aliphatic rings. The van der Waals surface area contributed by atoms with Gasteiger partial charge in [-0.3, -0.25) is 4.79 Å². The zero-order valence-corrected chi connectivity index (χ0v) is 13.4. The molecule has 0 bridgehead atoms. The van der Waals surface area contributed by atoms with Crippen LogP contribution in [0.3, 0.4) is 0 Å². The summed E-state index contributed by atoms with van der Waals surface area (Å²) in [7, 11) is 3.97. The number of amides is 1. The predicted octanol–water partition coefficient (Wildman–Crippen LogP) is 2.95. The molecule has 0 spiro atoms. The molecule has 0 radical (unpaired) electrons. The van der Waals surface area contributed by atoms with Crippen LogP contribution in [-0.4, -0.2) is 37.5 Å². The van der Waals surface area contributed by atoms with Gasteiger partial charge in [0.1, 0.15) is 0 Å². The molecular formula is C10H14Br2N2OS. The number of hydrogen-bond donors (Lipinski definition) is 1. The summed E-state index contributed by atoms with van der Waals surface area (Å²) in [6.07, 6.45) is 0. The Morgan fingerprint density at radius 3 is 2.62 bits per heavy atom. The van der Waals surface area contributed by atoms with E-state index < -0.39 is 0 Å². The first-order chi connectivity index (χ1) is 7.40. The number of hydrogen-bond acceptors (Lipinski definition) is 3. The molecule has 0 saturated heterocycles. The van der Waals surface area contributed by atoms with E-state index >= 15 is 0 Å². The Kier molecular flexibility index (Phi) is 5.43. The lowest BCUT2D eigenvalue weighted by molar-refractivity contribution is 0.0934. The molecule has 1 N–H and O–H groups in total. The molecular weight excluding hydrogens is 356 g/mol. The molecule has 1 amide bonds. The molecule has 0 saturated carbocycles. The first-order valence-corrected chi connectivity index (χ1v) is 7.21. The van der Waals surface area contributed by atoms with Crippen molar-refractivity contribution < 1.29 is 4.79 Å². The van der Waals surface area contributed by atoms with Crippen LogP contribution in [0.5, 0.6) is 0 Å². The van der Waals surface area contributed by atoms with Crippen molar-refractivity contribution >= 4 is 49.1 Å². The third-order valence-corrected chi connectivity index (χ3v) is 4.26. The summed E-state index contributed by atoms with van der Waals surface area (Å²) in [6.45, 7) is 2.82. The molecule has 0 aliphatic carbocycles. The summed E-state index contributed by atoms with van der Waals surface area (Å²) in [5.74, 6) is -0.0387. The number of halogens is 2. The number of carbonyl (C=O) groups excluding carboxylic acids is 1. The van der Waals surface area contributed by atoms with Crippen LogP contribution in [0.1, 0.15) is 17.3 Å². The maximum Gasteiger partial charge on any atom is 0.253 e. The number of nitrogens with zero attached hydrogens (tertiary/aromatic N) is 1. The van der Waals surface area contributed by atoms with Crippen LogP contribution in [0.15, 0.2) is 13.6 Å². The Bertz CT molecular complexity index is 379. The topological polar surface area (TPSA) is 32.3 Å². The van der Waals surface area contributed by atoms with Crippen LogP contribution >= 0.6 is 43.2 Å². The van der Waals surface area contributed by atoms with Gasteiger partial charge in [-0.05, 0) is 58.9 Å². The smallest absolute Gasteiger partial charge is 0.253 e. The van der Waals surface area contributed by atoms with Gasteiger partial charge in [-0.2, -0.15) is 0 Å². The number of carbonyl (C=O) groups is 1. The van der Waals surface area contributed by atoms with Crippen LogP contribution in [0.2, 0.25) is 0 Å². The molecule has 3 nitrogen and oxygen atoms in total. The summed E-state index contributed by atoms with van der Waals surface area (Å²) in [4.78, 5) is 13.9. The Morgan fingerprint density at radius 1 is 1.56 bits per heavy atom. The van der Waals surface area contributed by atoms with E-state index in [2.05, 4.69) is 37.2 Å². The van der Waals surface area contributed by atoms with E-state index in [-0.39, 0.29) is 11.9 Å². The number of thiophene rings is 1. The minimum Gasteiger partial charge on any atom is -0.348 e. The van der Waals surface area contributed by atoms with Gasteiger partial charge in [0.2, 0.25) is 0 Å². The van der Waals surface area contributed by atoms with Gasteiger partial charge in [0.05, 0.1) is 13.1 Å². The average Bonchev–Trinajstić information content (AvgIpc) is 2.43. The molecule has 1 heterocycles. The van der Waals surface area contributed by atoms with Crippen molar-refractivity contribution in [3.8, 4) is 0 Å². The summed E-state index contributed by atoms with van der Waals surface area (Å²) >= 11 is 8.23. The summed E-state index contributed by atoms with van der Waals surface area (Å²) < 4.78 is 1.80. The Labute approximate surface area is 116 Å². The summed E-state index contributed by atoms with van der Waals surface area (Å²) in [5, 5.41) is 2.96. The second-order valence-electron chi connectivity index (χ2n) is 3.87. The highest BCUT2D eigenvalue weighted by molar-refractivity contribution is 9.12. The lowest BCUT2D eigenvalue weighted by Crippen LogP contribution is -2.39. The standard InChI is InChI=1S/C10H14Br2N2OS/c1-6(5-14(2)3)13-10(15)7-4-8(11)16-9(7)12/h4,6H,5H2,1-3H3,(H,13,15). The van der Waals surface area contributed by atoms with Gasteiger partial charge in [-0.25, -0.2) is 0 Å². The van der Waals surface area contributed by atoms with Gasteiger partial charge in [-0.15, -0.1) is 11.3 Å². The van der Waals surface area contributed by atoms with Crippen molar-refractivity contribution in [2.75, 3.05) is 20.6 Å². The molecule has 90 valence electrons. The Hall–Kier alpha value is 0.0900. The Morgan fingerprint density at radius 2 is 2.19 bits per heavy atom. The van der Waals surface area contributed by atoms with Gasteiger partial charge in [0.15, 0.2) is 0 Å². The van der Waals surface area contributed by atoms with Gasteiger partial charge < -0.3 is 10.2 Å². The van der Waals surface area contributed by atoms with Crippen molar-refractivity contribution in [1.82, 2.24) is 10.2 Å². The van der Waals surface area contributed by atoms with E-state index in [1.807, 2.05) is 32.0 Å². The highest BCUT2D eigenvalue weighted by atomic mass is 79.9. The average molecular weight is 370 g/mol. The molecule has 1 aromatic heterocycles. The van der Waals surface area contributed by atoms with Gasteiger partial charge in [0, 0.05) is 12.6 Å². The van der Waals surface area contributed by atoms with Gasteiger partial charge >= 0.3 is 0 Å². The molecule has 0 aromatic carbocycles. The molecule has 16 heavy (non-hydrogen) atoms. The fourth-order valence-electron chi connectivity index (χ4n) is 1.39.